The van der Waals surface area contributed by atoms with E-state index in [2.05, 4.69) is 40.0 Å². The Morgan fingerprint density at radius 1 is 1.25 bits per heavy atom. The standard InChI is InChI=1S/C22H26BrN3O2/c1-5-25(6-2)22(28)14-10-16-15-8-7-9-18-20(15)17(11-19(16)24(4)12-14)21(23)26(18)13(3)27/h7-10,14,19H,5-6,11-12H2,1-4H3. The number of benzene rings is 1. The van der Waals surface area contributed by atoms with Crippen LogP contribution in [0.4, 0.5) is 0 Å². The molecular weight excluding hydrogens is 418 g/mol. The molecule has 0 radical (unpaired) electrons. The second kappa shape index (κ2) is 7.16. The molecule has 2 unspecified atom stereocenters. The molecule has 5 nitrogen and oxygen atoms in total. The van der Waals surface area contributed by atoms with Crippen molar-refractivity contribution in [3.63, 3.8) is 0 Å². The van der Waals surface area contributed by atoms with E-state index in [4.69, 9.17) is 0 Å². The van der Waals surface area contributed by atoms with Crippen LogP contribution in [0.25, 0.3) is 16.5 Å². The van der Waals surface area contributed by atoms with Crippen LogP contribution in [0.3, 0.4) is 0 Å². The number of carbonyl (C=O) groups excluding carboxylic acids is 2. The zero-order chi connectivity index (χ0) is 20.2. The molecule has 0 bridgehead atoms. The number of rotatable bonds is 3. The summed E-state index contributed by atoms with van der Waals surface area (Å²) in [5, 5.41) is 1.14. The first kappa shape index (κ1) is 19.4. The van der Waals surface area contributed by atoms with Crippen molar-refractivity contribution >= 4 is 44.2 Å². The predicted octanol–water partition coefficient (Wildman–Crippen LogP) is 3.80. The molecule has 6 heteroatoms. The Balaban J connectivity index is 1.89. The minimum absolute atomic E-state index is 0.00192. The van der Waals surface area contributed by atoms with Gasteiger partial charge in [-0.15, -0.1) is 0 Å². The zero-order valence-corrected chi connectivity index (χ0v) is 18.4. The average Bonchev–Trinajstić information content (AvgIpc) is 2.96. The van der Waals surface area contributed by atoms with E-state index in [0.717, 1.165) is 47.1 Å². The van der Waals surface area contributed by atoms with Gasteiger partial charge in [0.25, 0.3) is 0 Å². The summed E-state index contributed by atoms with van der Waals surface area (Å²) in [6.07, 6.45) is 3.02. The molecule has 0 N–H and O–H groups in total. The number of hydrogen-bond donors (Lipinski definition) is 0. The maximum atomic E-state index is 13.0. The van der Waals surface area contributed by atoms with Crippen molar-refractivity contribution in [1.29, 1.82) is 0 Å². The van der Waals surface area contributed by atoms with E-state index in [1.165, 1.54) is 11.1 Å². The lowest BCUT2D eigenvalue weighted by atomic mass is 9.79. The van der Waals surface area contributed by atoms with Crippen LogP contribution in [0.1, 0.15) is 36.7 Å². The number of likely N-dealkylation sites (N-methyl/N-ethyl adjacent to an activating group) is 1. The largest absolute Gasteiger partial charge is 0.343 e. The van der Waals surface area contributed by atoms with Crippen LogP contribution in [-0.2, 0) is 11.2 Å². The van der Waals surface area contributed by atoms with Crippen molar-refractivity contribution in [2.75, 3.05) is 26.7 Å². The third kappa shape index (κ3) is 2.77. The highest BCUT2D eigenvalue weighted by molar-refractivity contribution is 9.10. The van der Waals surface area contributed by atoms with Crippen molar-refractivity contribution in [3.8, 4) is 0 Å². The van der Waals surface area contributed by atoms with Gasteiger partial charge >= 0.3 is 0 Å². The third-order valence-electron chi connectivity index (χ3n) is 6.20. The van der Waals surface area contributed by atoms with Crippen LogP contribution in [0.2, 0.25) is 0 Å². The second-order valence-electron chi connectivity index (χ2n) is 7.72. The van der Waals surface area contributed by atoms with Gasteiger partial charge in [-0.25, -0.2) is 0 Å². The number of halogens is 1. The number of carbonyl (C=O) groups is 2. The van der Waals surface area contributed by atoms with Gasteiger partial charge in [-0.1, -0.05) is 18.2 Å². The molecule has 4 rings (SSSR count). The topological polar surface area (TPSA) is 45.6 Å². The first-order valence-electron chi connectivity index (χ1n) is 9.92. The lowest BCUT2D eigenvalue weighted by molar-refractivity contribution is -0.134. The lowest BCUT2D eigenvalue weighted by Crippen LogP contribution is -2.47. The molecule has 1 aromatic carbocycles. The van der Waals surface area contributed by atoms with Gasteiger partial charge in [-0.3, -0.25) is 19.1 Å². The molecule has 1 aliphatic heterocycles. The molecule has 1 aliphatic carbocycles. The highest BCUT2D eigenvalue weighted by Gasteiger charge is 2.38. The minimum atomic E-state index is -0.133. The monoisotopic (exact) mass is 443 g/mol. The molecule has 0 fully saturated rings. The summed E-state index contributed by atoms with van der Waals surface area (Å²) in [5.74, 6) is 0.0663. The number of amides is 1. The third-order valence-corrected chi connectivity index (χ3v) is 7.04. The van der Waals surface area contributed by atoms with Gasteiger partial charge in [-0.05, 0) is 66.0 Å². The van der Waals surface area contributed by atoms with E-state index >= 15 is 0 Å². The van der Waals surface area contributed by atoms with Gasteiger partial charge < -0.3 is 4.90 Å². The summed E-state index contributed by atoms with van der Waals surface area (Å²) < 4.78 is 2.61. The van der Waals surface area contributed by atoms with Crippen molar-refractivity contribution in [3.05, 3.63) is 40.0 Å². The highest BCUT2D eigenvalue weighted by atomic mass is 79.9. The van der Waals surface area contributed by atoms with E-state index in [9.17, 15) is 9.59 Å². The maximum absolute atomic E-state index is 13.0. The summed E-state index contributed by atoms with van der Waals surface area (Å²) in [5.41, 5.74) is 4.48. The molecule has 28 heavy (non-hydrogen) atoms. The molecule has 0 saturated heterocycles. The molecule has 2 aliphatic rings. The highest BCUT2D eigenvalue weighted by Crippen LogP contribution is 2.44. The summed E-state index contributed by atoms with van der Waals surface area (Å²) in [6, 6.07) is 6.35. The molecule has 1 aromatic heterocycles. The van der Waals surface area contributed by atoms with Crippen molar-refractivity contribution < 1.29 is 9.59 Å². The predicted molar refractivity (Wildman–Crippen MR) is 115 cm³/mol. The molecule has 1 amide bonds. The zero-order valence-electron chi connectivity index (χ0n) is 16.8. The second-order valence-corrected chi connectivity index (χ2v) is 8.47. The number of nitrogens with zero attached hydrogens (tertiary/aromatic N) is 3. The molecule has 2 aromatic rings. The van der Waals surface area contributed by atoms with Crippen molar-refractivity contribution in [2.45, 2.75) is 33.2 Å². The van der Waals surface area contributed by atoms with Crippen LogP contribution < -0.4 is 0 Å². The maximum Gasteiger partial charge on any atom is 0.230 e. The van der Waals surface area contributed by atoms with Gasteiger partial charge in [0.2, 0.25) is 11.8 Å². The van der Waals surface area contributed by atoms with Crippen LogP contribution in [-0.4, -0.2) is 58.9 Å². The van der Waals surface area contributed by atoms with Crippen LogP contribution in [0.15, 0.2) is 28.9 Å². The molecule has 0 saturated carbocycles. The van der Waals surface area contributed by atoms with Crippen LogP contribution >= 0.6 is 15.9 Å². The Hall–Kier alpha value is -1.92. The van der Waals surface area contributed by atoms with Crippen molar-refractivity contribution in [2.24, 2.45) is 5.92 Å². The van der Waals surface area contributed by atoms with Gasteiger partial charge in [-0.2, -0.15) is 0 Å². The fourth-order valence-electron chi connectivity index (χ4n) is 4.83. The van der Waals surface area contributed by atoms with Crippen LogP contribution in [0.5, 0.6) is 0 Å². The molecule has 2 atom stereocenters. The summed E-state index contributed by atoms with van der Waals surface area (Å²) in [6.45, 7) is 7.83. The quantitative estimate of drug-likeness (QED) is 0.724. The van der Waals surface area contributed by atoms with Crippen LogP contribution in [0, 0.1) is 5.92 Å². The Bertz CT molecular complexity index is 1000. The smallest absolute Gasteiger partial charge is 0.230 e. The van der Waals surface area contributed by atoms with E-state index in [-0.39, 0.29) is 23.8 Å². The van der Waals surface area contributed by atoms with E-state index < -0.39 is 0 Å². The van der Waals surface area contributed by atoms with E-state index in [0.29, 0.717) is 0 Å². The molecule has 2 heterocycles. The lowest BCUT2D eigenvalue weighted by Gasteiger charge is -2.40. The number of aromatic nitrogens is 1. The summed E-state index contributed by atoms with van der Waals surface area (Å²) >= 11 is 3.68. The Kier molecular flexibility index (Phi) is 4.96. The number of hydrogen-bond acceptors (Lipinski definition) is 3. The van der Waals surface area contributed by atoms with Crippen molar-refractivity contribution in [1.82, 2.24) is 14.4 Å². The fourth-order valence-corrected chi connectivity index (χ4v) is 5.63. The van der Waals surface area contributed by atoms with E-state index in [1.54, 1.807) is 11.5 Å². The minimum Gasteiger partial charge on any atom is -0.343 e. The first-order valence-corrected chi connectivity index (χ1v) is 10.7. The Morgan fingerprint density at radius 2 is 1.96 bits per heavy atom. The van der Waals surface area contributed by atoms with Gasteiger partial charge in [0, 0.05) is 38.0 Å². The molecule has 0 spiro atoms. The number of fused-ring (bicyclic) bond motifs is 2. The van der Waals surface area contributed by atoms with Gasteiger partial charge in [0.15, 0.2) is 0 Å². The molecular formula is C22H26BrN3O2. The SMILES string of the molecule is CCN(CC)C(=O)C1C=C2c3cccc4c3c(c(Br)n4C(C)=O)CC2N(C)C1. The summed E-state index contributed by atoms with van der Waals surface area (Å²) in [7, 11) is 2.10. The molecule has 148 valence electrons. The Morgan fingerprint density at radius 3 is 2.61 bits per heavy atom. The summed E-state index contributed by atoms with van der Waals surface area (Å²) in [4.78, 5) is 29.5. The van der Waals surface area contributed by atoms with Gasteiger partial charge in [0.05, 0.1) is 16.0 Å². The Labute approximate surface area is 174 Å². The average molecular weight is 444 g/mol. The normalized spacial score (nSPS) is 21.4. The first-order chi connectivity index (χ1) is 13.4. The fraction of sp³-hybridized carbons (Fsp3) is 0.455. The van der Waals surface area contributed by atoms with E-state index in [1.807, 2.05) is 30.9 Å². The van der Waals surface area contributed by atoms with Gasteiger partial charge in [0.1, 0.15) is 0 Å².